The Labute approximate surface area is 75.0 Å². The number of phenolic OH excluding ortho intramolecular Hbond substituents is 1. The zero-order valence-electron chi connectivity index (χ0n) is 7.17. The topological polar surface area (TPSA) is 46.2 Å². The molecule has 0 heterocycles. The van der Waals surface area contributed by atoms with E-state index in [9.17, 15) is 8.78 Å². The van der Waals surface area contributed by atoms with Crippen molar-refractivity contribution in [3.8, 4) is 5.75 Å². The molecule has 13 heavy (non-hydrogen) atoms. The van der Waals surface area contributed by atoms with Crippen LogP contribution in [0.5, 0.6) is 5.75 Å². The Kier molecular flexibility index (Phi) is 2.83. The molecule has 1 rings (SSSR count). The van der Waals surface area contributed by atoms with Gasteiger partial charge in [0.2, 0.25) is 0 Å². The molecule has 0 aromatic heterocycles. The summed E-state index contributed by atoms with van der Waals surface area (Å²) in [5, 5.41) is 9.07. The van der Waals surface area contributed by atoms with Gasteiger partial charge in [-0.25, -0.2) is 8.78 Å². The Morgan fingerprint density at radius 1 is 1.38 bits per heavy atom. The fourth-order valence-electron chi connectivity index (χ4n) is 1.03. The standard InChI is InChI=1S/C9H11F2NO/c1-5(12)6-2-3-8(13)7(4-6)9(10)11/h2-5,9,13H,12H2,1H3. The highest BCUT2D eigenvalue weighted by Gasteiger charge is 2.13. The van der Waals surface area contributed by atoms with E-state index in [2.05, 4.69) is 0 Å². The molecule has 0 aliphatic heterocycles. The first-order valence-corrected chi connectivity index (χ1v) is 3.89. The molecule has 0 bridgehead atoms. The fraction of sp³-hybridized carbons (Fsp3) is 0.333. The van der Waals surface area contributed by atoms with Crippen LogP contribution in [0.25, 0.3) is 0 Å². The second-order valence-electron chi connectivity index (χ2n) is 2.91. The van der Waals surface area contributed by atoms with Crippen LogP contribution in [-0.4, -0.2) is 5.11 Å². The molecule has 0 aliphatic rings. The van der Waals surface area contributed by atoms with E-state index in [1.807, 2.05) is 0 Å². The quantitative estimate of drug-likeness (QED) is 0.746. The number of hydrogen-bond acceptors (Lipinski definition) is 2. The number of nitrogens with two attached hydrogens (primary N) is 1. The first-order chi connectivity index (χ1) is 6.02. The molecule has 1 atom stereocenters. The van der Waals surface area contributed by atoms with E-state index in [4.69, 9.17) is 10.8 Å². The van der Waals surface area contributed by atoms with E-state index in [1.165, 1.54) is 18.2 Å². The van der Waals surface area contributed by atoms with Crippen LogP contribution in [0.1, 0.15) is 30.5 Å². The van der Waals surface area contributed by atoms with Crippen LogP contribution in [0, 0.1) is 0 Å². The van der Waals surface area contributed by atoms with Gasteiger partial charge in [0.1, 0.15) is 5.75 Å². The lowest BCUT2D eigenvalue weighted by Crippen LogP contribution is -2.05. The predicted molar refractivity (Wildman–Crippen MR) is 45.7 cm³/mol. The molecule has 2 nitrogen and oxygen atoms in total. The van der Waals surface area contributed by atoms with Gasteiger partial charge in [-0.15, -0.1) is 0 Å². The maximum absolute atomic E-state index is 12.3. The lowest BCUT2D eigenvalue weighted by atomic mass is 10.1. The maximum Gasteiger partial charge on any atom is 0.267 e. The van der Waals surface area contributed by atoms with Gasteiger partial charge < -0.3 is 10.8 Å². The highest BCUT2D eigenvalue weighted by molar-refractivity contribution is 5.37. The molecule has 1 aromatic carbocycles. The van der Waals surface area contributed by atoms with Gasteiger partial charge >= 0.3 is 0 Å². The van der Waals surface area contributed by atoms with Crippen LogP contribution < -0.4 is 5.73 Å². The summed E-state index contributed by atoms with van der Waals surface area (Å²) in [4.78, 5) is 0. The van der Waals surface area contributed by atoms with Crippen molar-refractivity contribution in [2.24, 2.45) is 5.73 Å². The highest BCUT2D eigenvalue weighted by atomic mass is 19.3. The average molecular weight is 187 g/mol. The van der Waals surface area contributed by atoms with Crippen LogP contribution in [-0.2, 0) is 0 Å². The van der Waals surface area contributed by atoms with Gasteiger partial charge in [0.15, 0.2) is 0 Å². The van der Waals surface area contributed by atoms with Crippen molar-refractivity contribution in [1.82, 2.24) is 0 Å². The molecular weight excluding hydrogens is 176 g/mol. The molecule has 1 unspecified atom stereocenters. The van der Waals surface area contributed by atoms with Crippen LogP contribution >= 0.6 is 0 Å². The lowest BCUT2D eigenvalue weighted by molar-refractivity contribution is 0.147. The first kappa shape index (κ1) is 9.92. The molecule has 0 fully saturated rings. The molecular formula is C9H11F2NO. The molecule has 3 N–H and O–H groups in total. The first-order valence-electron chi connectivity index (χ1n) is 3.89. The Morgan fingerprint density at radius 3 is 2.46 bits per heavy atom. The number of rotatable bonds is 2. The molecule has 0 radical (unpaired) electrons. The molecule has 1 aromatic rings. The third-order valence-electron chi connectivity index (χ3n) is 1.81. The third-order valence-corrected chi connectivity index (χ3v) is 1.81. The molecule has 0 spiro atoms. The summed E-state index contributed by atoms with van der Waals surface area (Å²) in [5.74, 6) is -0.389. The Morgan fingerprint density at radius 2 is 2.00 bits per heavy atom. The van der Waals surface area contributed by atoms with Gasteiger partial charge in [0.25, 0.3) is 6.43 Å². The summed E-state index contributed by atoms with van der Waals surface area (Å²) in [6.45, 7) is 1.70. The summed E-state index contributed by atoms with van der Waals surface area (Å²) < 4.78 is 24.5. The van der Waals surface area contributed by atoms with Gasteiger partial charge in [0.05, 0.1) is 5.56 Å². The van der Waals surface area contributed by atoms with E-state index in [1.54, 1.807) is 6.92 Å². The minimum Gasteiger partial charge on any atom is -0.507 e. The maximum atomic E-state index is 12.3. The number of phenols is 1. The zero-order valence-corrected chi connectivity index (χ0v) is 7.17. The van der Waals surface area contributed by atoms with Crippen LogP contribution in [0.2, 0.25) is 0 Å². The van der Waals surface area contributed by atoms with E-state index in [0.717, 1.165) is 0 Å². The van der Waals surface area contributed by atoms with Crippen molar-refractivity contribution in [3.05, 3.63) is 29.3 Å². The summed E-state index contributed by atoms with van der Waals surface area (Å²) in [6, 6.07) is 3.69. The van der Waals surface area contributed by atoms with Crippen molar-refractivity contribution in [2.45, 2.75) is 19.4 Å². The van der Waals surface area contributed by atoms with Gasteiger partial charge in [-0.05, 0) is 24.6 Å². The molecule has 72 valence electrons. The van der Waals surface area contributed by atoms with E-state index in [0.29, 0.717) is 5.56 Å². The second-order valence-corrected chi connectivity index (χ2v) is 2.91. The number of alkyl halides is 2. The Hall–Kier alpha value is -1.16. The molecule has 4 heteroatoms. The van der Waals surface area contributed by atoms with Gasteiger partial charge in [0, 0.05) is 6.04 Å². The summed E-state index contributed by atoms with van der Waals surface area (Å²) in [6.07, 6.45) is -2.67. The van der Waals surface area contributed by atoms with E-state index in [-0.39, 0.29) is 17.4 Å². The summed E-state index contributed by atoms with van der Waals surface area (Å²) >= 11 is 0. The highest BCUT2D eigenvalue weighted by Crippen LogP contribution is 2.29. The number of aromatic hydroxyl groups is 1. The van der Waals surface area contributed by atoms with Crippen LogP contribution in [0.4, 0.5) is 8.78 Å². The van der Waals surface area contributed by atoms with Crippen molar-refractivity contribution >= 4 is 0 Å². The minimum absolute atomic E-state index is 0.307. The molecule has 0 saturated heterocycles. The molecule has 0 saturated carbocycles. The number of benzene rings is 1. The SMILES string of the molecule is CC(N)c1ccc(O)c(C(F)F)c1. The number of hydrogen-bond donors (Lipinski definition) is 2. The lowest BCUT2D eigenvalue weighted by Gasteiger charge is -2.09. The Balaban J connectivity index is 3.11. The van der Waals surface area contributed by atoms with Crippen molar-refractivity contribution in [1.29, 1.82) is 0 Å². The average Bonchev–Trinajstić information content (AvgIpc) is 2.04. The minimum atomic E-state index is -2.67. The monoisotopic (exact) mass is 187 g/mol. The predicted octanol–water partition coefficient (Wildman–Crippen LogP) is 2.35. The van der Waals surface area contributed by atoms with Crippen molar-refractivity contribution in [2.75, 3.05) is 0 Å². The Bertz CT molecular complexity index is 300. The summed E-state index contributed by atoms with van der Waals surface area (Å²) in [7, 11) is 0. The summed E-state index contributed by atoms with van der Waals surface area (Å²) in [5.41, 5.74) is 5.73. The van der Waals surface area contributed by atoms with Gasteiger partial charge in [-0.2, -0.15) is 0 Å². The van der Waals surface area contributed by atoms with Gasteiger partial charge in [-0.1, -0.05) is 6.07 Å². The van der Waals surface area contributed by atoms with E-state index < -0.39 is 6.43 Å². The fourth-order valence-corrected chi connectivity index (χ4v) is 1.03. The van der Waals surface area contributed by atoms with Crippen molar-refractivity contribution in [3.63, 3.8) is 0 Å². The number of halogens is 2. The smallest absolute Gasteiger partial charge is 0.267 e. The normalized spacial score (nSPS) is 13.3. The van der Waals surface area contributed by atoms with E-state index >= 15 is 0 Å². The van der Waals surface area contributed by atoms with Crippen LogP contribution in [0.15, 0.2) is 18.2 Å². The van der Waals surface area contributed by atoms with Crippen molar-refractivity contribution < 1.29 is 13.9 Å². The molecule has 0 aliphatic carbocycles. The largest absolute Gasteiger partial charge is 0.507 e. The zero-order chi connectivity index (χ0) is 10.0. The second kappa shape index (κ2) is 3.70. The van der Waals surface area contributed by atoms with Gasteiger partial charge in [-0.3, -0.25) is 0 Å². The molecule has 0 amide bonds. The third kappa shape index (κ3) is 2.15. The van der Waals surface area contributed by atoms with Crippen LogP contribution in [0.3, 0.4) is 0 Å².